The van der Waals surface area contributed by atoms with E-state index < -0.39 is 134 Å². The molecule has 0 aromatic heterocycles. The maximum Gasteiger partial charge on any atom is 0.326 e. The summed E-state index contributed by atoms with van der Waals surface area (Å²) < 4.78 is 0. The molecule has 2 fully saturated rings. The average molecular weight is 1020 g/mol. The zero-order valence-electron chi connectivity index (χ0n) is 40.7. The molecule has 0 aromatic carbocycles. The predicted molar refractivity (Wildman–Crippen MR) is 257 cm³/mol. The molecule has 72 heavy (non-hydrogen) atoms. The second-order valence-corrected chi connectivity index (χ2v) is 17.6. The van der Waals surface area contributed by atoms with Gasteiger partial charge in [-0.05, 0) is 70.1 Å². The molecule has 0 saturated carbocycles. The molecule has 7 atom stereocenters. The Hall–Kier alpha value is -7.37. The maximum absolute atomic E-state index is 13.9. The Balaban J connectivity index is 2.00. The molecule has 0 unspecified atom stereocenters. The third-order valence-corrected chi connectivity index (χ3v) is 11.3. The van der Waals surface area contributed by atoms with E-state index in [1.165, 1.54) is 9.80 Å². The number of aliphatic hydroxyl groups excluding tert-OH is 1. The molecule has 0 spiro atoms. The molecular weight excluding hydrogens is 951 g/mol. The molecule has 2 saturated heterocycles. The van der Waals surface area contributed by atoms with Crippen LogP contribution in [0.5, 0.6) is 0 Å². The Morgan fingerprint density at radius 2 is 1.14 bits per heavy atom. The van der Waals surface area contributed by atoms with Gasteiger partial charge in [-0.1, -0.05) is 13.8 Å². The summed E-state index contributed by atoms with van der Waals surface area (Å²) in [6.07, 6.45) is 1.48. The molecule has 0 bridgehead atoms. The zero-order valence-corrected chi connectivity index (χ0v) is 40.7. The van der Waals surface area contributed by atoms with Crippen molar-refractivity contribution in [2.45, 2.75) is 127 Å². The summed E-state index contributed by atoms with van der Waals surface area (Å²) in [7, 11) is 0. The minimum atomic E-state index is -1.43. The van der Waals surface area contributed by atoms with Crippen molar-refractivity contribution in [3.63, 3.8) is 0 Å². The number of aliphatic carboxylic acids is 1. The van der Waals surface area contributed by atoms with E-state index >= 15 is 0 Å². The zero-order chi connectivity index (χ0) is 54.1. The van der Waals surface area contributed by atoms with E-state index in [9.17, 15) is 63.0 Å². The van der Waals surface area contributed by atoms with Crippen LogP contribution in [0.2, 0.25) is 0 Å². The van der Waals surface area contributed by atoms with Crippen LogP contribution < -0.4 is 71.6 Å². The van der Waals surface area contributed by atoms with Gasteiger partial charge in [0.05, 0.1) is 32.3 Å². The van der Waals surface area contributed by atoms with Crippen LogP contribution in [0.15, 0.2) is 9.98 Å². The Morgan fingerprint density at radius 3 is 1.71 bits per heavy atom. The number of hydrogen-bond acceptors (Lipinski definition) is 15. The number of aliphatic hydroxyl groups is 1. The van der Waals surface area contributed by atoms with Crippen molar-refractivity contribution in [2.24, 2.45) is 50.3 Å². The molecule has 0 radical (unpaired) electrons. The largest absolute Gasteiger partial charge is 0.480 e. The fourth-order valence-corrected chi connectivity index (χ4v) is 7.69. The van der Waals surface area contributed by atoms with Gasteiger partial charge in [-0.25, -0.2) is 4.79 Å². The molecular formula is C42H73N17O13. The Kier molecular flexibility index (Phi) is 26.2. The van der Waals surface area contributed by atoms with Gasteiger partial charge in [-0.3, -0.25) is 57.9 Å². The third kappa shape index (κ3) is 21.7. The monoisotopic (exact) mass is 1020 g/mol. The Morgan fingerprint density at radius 1 is 0.611 bits per heavy atom. The van der Waals surface area contributed by atoms with E-state index in [4.69, 9.17) is 34.4 Å². The SMILES string of the molecule is CC(C)C[C@H](NC(=O)CNC(=O)[C@@H]1CCCN1C(=O)[C@@H]1CCCN1C(=O)CNC(=O)[C@H](CO)NC(=O)[C@@H](N)CCCN=C(N)N)C(=O)N[C@@H](CCC(N)=O)C(=O)NCC(=O)N[C@@H](CCCN=C(N)N)C(=O)O. The quantitative estimate of drug-likeness (QED) is 0.0174. The number of primary amides is 1. The molecule has 0 aromatic rings. The van der Waals surface area contributed by atoms with E-state index in [-0.39, 0.29) is 95.4 Å². The summed E-state index contributed by atoms with van der Waals surface area (Å²) in [6, 6.07) is -8.49. The number of nitrogens with zero attached hydrogens (tertiary/aromatic N) is 4. The number of carbonyl (C=O) groups is 11. The molecule has 2 aliphatic rings. The number of amides is 10. The lowest BCUT2D eigenvalue weighted by atomic mass is 10.0. The van der Waals surface area contributed by atoms with Gasteiger partial charge in [0.25, 0.3) is 0 Å². The van der Waals surface area contributed by atoms with Crippen molar-refractivity contribution in [2.75, 3.05) is 52.4 Å². The molecule has 2 heterocycles. The Bertz CT molecular complexity index is 2000. The summed E-state index contributed by atoms with van der Waals surface area (Å²) in [5.41, 5.74) is 32.2. The number of aliphatic imine (C=N–C) groups is 2. The van der Waals surface area contributed by atoms with Crippen molar-refractivity contribution in [3.05, 3.63) is 0 Å². The van der Waals surface area contributed by atoms with Gasteiger partial charge in [-0.2, -0.15) is 0 Å². The van der Waals surface area contributed by atoms with E-state index in [0.717, 1.165) is 0 Å². The van der Waals surface area contributed by atoms with Crippen LogP contribution >= 0.6 is 0 Å². The lowest BCUT2D eigenvalue weighted by Gasteiger charge is -2.31. The third-order valence-electron chi connectivity index (χ3n) is 11.3. The maximum atomic E-state index is 13.9. The molecule has 10 amide bonds. The van der Waals surface area contributed by atoms with Crippen LogP contribution in [0.25, 0.3) is 0 Å². The van der Waals surface area contributed by atoms with Crippen molar-refractivity contribution in [1.29, 1.82) is 0 Å². The van der Waals surface area contributed by atoms with Crippen LogP contribution in [0, 0.1) is 5.92 Å². The minimum Gasteiger partial charge on any atom is -0.480 e. The van der Waals surface area contributed by atoms with Crippen LogP contribution in [-0.2, 0) is 52.7 Å². The van der Waals surface area contributed by atoms with Crippen LogP contribution in [0.3, 0.4) is 0 Å². The molecule has 2 rings (SSSR count). The minimum absolute atomic E-state index is 0.0350. The van der Waals surface area contributed by atoms with Crippen molar-refractivity contribution >= 4 is 77.0 Å². The van der Waals surface area contributed by atoms with Crippen LogP contribution in [-0.4, -0.2) is 192 Å². The fraction of sp³-hybridized carbons (Fsp3) is 0.690. The lowest BCUT2D eigenvalue weighted by molar-refractivity contribution is -0.146. The summed E-state index contributed by atoms with van der Waals surface area (Å²) in [4.78, 5) is 152. The van der Waals surface area contributed by atoms with Gasteiger partial charge in [0.15, 0.2) is 11.9 Å². The summed E-state index contributed by atoms with van der Waals surface area (Å²) >= 11 is 0. The molecule has 30 heteroatoms. The lowest BCUT2D eigenvalue weighted by Crippen LogP contribution is -2.57. The van der Waals surface area contributed by atoms with E-state index in [1.807, 2.05) is 0 Å². The smallest absolute Gasteiger partial charge is 0.326 e. The van der Waals surface area contributed by atoms with Crippen LogP contribution in [0.4, 0.5) is 0 Å². The molecule has 30 nitrogen and oxygen atoms in total. The van der Waals surface area contributed by atoms with Gasteiger partial charge in [0, 0.05) is 32.6 Å². The van der Waals surface area contributed by atoms with E-state index in [2.05, 4.69) is 47.2 Å². The fourth-order valence-electron chi connectivity index (χ4n) is 7.69. The number of hydrogen-bond donors (Lipinski definition) is 15. The topological polar surface area (TPSA) is 500 Å². The molecule has 21 N–H and O–H groups in total. The number of carbonyl (C=O) groups excluding carboxylic acids is 10. The average Bonchev–Trinajstić information content (AvgIpc) is 4.02. The highest BCUT2D eigenvalue weighted by molar-refractivity contribution is 5.97. The first-order chi connectivity index (χ1) is 33.9. The van der Waals surface area contributed by atoms with Crippen molar-refractivity contribution in [3.8, 4) is 0 Å². The normalized spacial score (nSPS) is 17.2. The van der Waals surface area contributed by atoms with E-state index in [0.29, 0.717) is 19.3 Å². The van der Waals surface area contributed by atoms with Crippen molar-refractivity contribution < 1.29 is 63.0 Å². The Labute approximate surface area is 415 Å². The standard InChI is InChI=1S/C42H73N17O13/c1-22(2)17-26(37(68)56-24(11-12-30(44)61)35(66)51-18-31(62)54-25(40(71)72)8-4-14-50-42(47)48)55-32(63)19-52-38(69)28-9-5-16-59(28)39(70)29-10-6-15-58(29)33(64)20-53-36(67)27(21-60)57-34(65)23(43)7-3-13-49-41(45)46/h22-29,60H,3-21,43H2,1-2H3,(H2,44,61)(H,51,66)(H,52,69)(H,53,67)(H,54,62)(H,55,63)(H,56,68)(H,57,65)(H,71,72)(H4,45,46,49)(H4,47,48,50)/t23-,24-,25-,26-,27-,28-,29-/m0/s1. The van der Waals surface area contributed by atoms with Crippen LogP contribution in [0.1, 0.15) is 84.5 Å². The van der Waals surface area contributed by atoms with Gasteiger partial charge >= 0.3 is 5.97 Å². The number of guanidine groups is 2. The second kappa shape index (κ2) is 31.1. The predicted octanol–water partition coefficient (Wildman–Crippen LogP) is -7.92. The number of carboxylic acid groups (broad SMARTS) is 1. The number of nitrogens with two attached hydrogens (primary N) is 6. The summed E-state index contributed by atoms with van der Waals surface area (Å²) in [5, 5.41) is 36.0. The van der Waals surface area contributed by atoms with Crippen molar-refractivity contribution in [1.82, 2.24) is 47.0 Å². The molecule has 404 valence electrons. The first-order valence-corrected chi connectivity index (χ1v) is 23.6. The molecule has 0 aliphatic carbocycles. The highest BCUT2D eigenvalue weighted by Crippen LogP contribution is 2.25. The van der Waals surface area contributed by atoms with Gasteiger partial charge in [-0.15, -0.1) is 0 Å². The summed E-state index contributed by atoms with van der Waals surface area (Å²) in [5.74, 6) is -9.52. The van der Waals surface area contributed by atoms with Gasteiger partial charge in [0.1, 0.15) is 36.3 Å². The summed E-state index contributed by atoms with van der Waals surface area (Å²) in [6.45, 7) is 1.48. The van der Waals surface area contributed by atoms with E-state index in [1.54, 1.807) is 13.8 Å². The molecule has 2 aliphatic heterocycles. The highest BCUT2D eigenvalue weighted by Gasteiger charge is 2.42. The first-order valence-electron chi connectivity index (χ1n) is 23.6. The first kappa shape index (κ1) is 60.8. The number of rotatable bonds is 31. The van der Waals surface area contributed by atoms with Gasteiger partial charge in [0.2, 0.25) is 59.1 Å². The number of likely N-dealkylation sites (tertiary alicyclic amines) is 2. The number of nitrogens with one attached hydrogen (secondary N) is 7. The number of carboxylic acids is 1. The van der Waals surface area contributed by atoms with Gasteiger partial charge < -0.3 is 91.6 Å². The highest BCUT2D eigenvalue weighted by atomic mass is 16.4. The second-order valence-electron chi connectivity index (χ2n) is 17.6.